The molecule has 20 heavy (non-hydrogen) atoms. The molecule has 0 aromatic carbocycles. The van der Waals surface area contributed by atoms with Crippen molar-refractivity contribution in [3.8, 4) is 0 Å². The number of nitrogens with zero attached hydrogens (tertiary/aromatic N) is 3. The molecule has 0 atom stereocenters. The van der Waals surface area contributed by atoms with E-state index in [4.69, 9.17) is 16.7 Å². The third-order valence-electron chi connectivity index (χ3n) is 3.65. The number of pyridine rings is 1. The molecule has 1 fully saturated rings. The van der Waals surface area contributed by atoms with Crippen LogP contribution in [0.3, 0.4) is 0 Å². The average molecular weight is 299 g/mol. The Labute approximate surface area is 125 Å². The van der Waals surface area contributed by atoms with Gasteiger partial charge in [0.05, 0.1) is 17.3 Å². The zero-order valence-corrected chi connectivity index (χ0v) is 12.7. The number of halogens is 1. The standard InChI is InChI=1S/C14H23ClN4O/c1-16-14-4-3-12(15)13(17-14)11-19-6-2-5-18(7-8-19)9-10-20/h3-4,20H,2,5-11H2,1H3,(H,16,17). The Morgan fingerprint density at radius 2 is 2.00 bits per heavy atom. The largest absolute Gasteiger partial charge is 0.395 e. The van der Waals surface area contributed by atoms with E-state index in [1.54, 1.807) is 0 Å². The summed E-state index contributed by atoms with van der Waals surface area (Å²) in [6.07, 6.45) is 1.11. The highest BCUT2D eigenvalue weighted by Crippen LogP contribution is 2.19. The lowest BCUT2D eigenvalue weighted by Gasteiger charge is -2.21. The van der Waals surface area contributed by atoms with Crippen LogP contribution in [0.5, 0.6) is 0 Å². The molecule has 1 saturated heterocycles. The van der Waals surface area contributed by atoms with Crippen LogP contribution < -0.4 is 5.32 Å². The molecule has 0 radical (unpaired) electrons. The normalized spacial score (nSPS) is 17.9. The van der Waals surface area contributed by atoms with E-state index >= 15 is 0 Å². The van der Waals surface area contributed by atoms with Crippen LogP contribution in [-0.2, 0) is 6.54 Å². The van der Waals surface area contributed by atoms with Gasteiger partial charge in [0.25, 0.3) is 0 Å². The van der Waals surface area contributed by atoms with Gasteiger partial charge in [-0.1, -0.05) is 11.6 Å². The third kappa shape index (κ3) is 4.31. The first-order valence-electron chi connectivity index (χ1n) is 7.11. The molecule has 0 spiro atoms. The Balaban J connectivity index is 1.96. The number of β-amino-alcohol motifs (C(OH)–C–C–N with tert-alkyl or cyclic N) is 1. The highest BCUT2D eigenvalue weighted by Gasteiger charge is 2.16. The number of anilines is 1. The molecule has 2 rings (SSSR count). The number of aromatic nitrogens is 1. The van der Waals surface area contributed by atoms with Gasteiger partial charge in [0.15, 0.2) is 0 Å². The Hall–Kier alpha value is -0.880. The second kappa shape index (κ2) is 7.78. The van der Waals surface area contributed by atoms with Crippen LogP contribution in [0.4, 0.5) is 5.82 Å². The number of nitrogens with one attached hydrogen (secondary N) is 1. The lowest BCUT2D eigenvalue weighted by Crippen LogP contribution is -2.32. The molecule has 6 heteroatoms. The van der Waals surface area contributed by atoms with Crippen LogP contribution in [0.25, 0.3) is 0 Å². The molecule has 112 valence electrons. The molecule has 0 saturated carbocycles. The summed E-state index contributed by atoms with van der Waals surface area (Å²) in [5.74, 6) is 0.848. The molecule has 1 aliphatic rings. The number of hydrogen-bond donors (Lipinski definition) is 2. The van der Waals surface area contributed by atoms with E-state index < -0.39 is 0 Å². The summed E-state index contributed by atoms with van der Waals surface area (Å²) in [5, 5.41) is 12.8. The number of aliphatic hydroxyl groups is 1. The monoisotopic (exact) mass is 298 g/mol. The highest BCUT2D eigenvalue weighted by molar-refractivity contribution is 6.31. The van der Waals surface area contributed by atoms with Crippen LogP contribution >= 0.6 is 11.6 Å². The summed E-state index contributed by atoms with van der Waals surface area (Å²) in [6.45, 7) is 5.85. The second-order valence-corrected chi connectivity index (χ2v) is 5.48. The molecule has 0 aliphatic carbocycles. The lowest BCUT2D eigenvalue weighted by molar-refractivity contribution is 0.195. The van der Waals surface area contributed by atoms with E-state index in [-0.39, 0.29) is 6.61 Å². The maximum absolute atomic E-state index is 9.02. The number of rotatable bonds is 5. The fourth-order valence-electron chi connectivity index (χ4n) is 2.49. The van der Waals surface area contributed by atoms with Gasteiger partial charge in [-0.05, 0) is 31.6 Å². The van der Waals surface area contributed by atoms with Crippen molar-refractivity contribution in [3.05, 3.63) is 22.8 Å². The Bertz CT molecular complexity index is 430. The van der Waals surface area contributed by atoms with Gasteiger partial charge in [-0.15, -0.1) is 0 Å². The van der Waals surface area contributed by atoms with E-state index in [0.717, 1.165) is 62.2 Å². The van der Waals surface area contributed by atoms with Gasteiger partial charge in [-0.3, -0.25) is 9.80 Å². The summed E-state index contributed by atoms with van der Waals surface area (Å²) in [6, 6.07) is 3.78. The third-order valence-corrected chi connectivity index (χ3v) is 3.99. The molecule has 1 aromatic heterocycles. The van der Waals surface area contributed by atoms with E-state index in [2.05, 4.69) is 20.1 Å². The van der Waals surface area contributed by atoms with Gasteiger partial charge in [0.1, 0.15) is 5.82 Å². The predicted octanol–water partition coefficient (Wildman–Crippen LogP) is 1.28. The average Bonchev–Trinajstić information content (AvgIpc) is 2.67. The molecule has 1 aliphatic heterocycles. The SMILES string of the molecule is CNc1ccc(Cl)c(CN2CCCN(CCO)CC2)n1. The maximum atomic E-state index is 9.02. The van der Waals surface area contributed by atoms with Crippen LogP contribution in [0, 0.1) is 0 Å². The van der Waals surface area contributed by atoms with Crippen molar-refractivity contribution in [2.24, 2.45) is 0 Å². The first-order chi connectivity index (χ1) is 9.72. The van der Waals surface area contributed by atoms with Crippen molar-refractivity contribution < 1.29 is 5.11 Å². The smallest absolute Gasteiger partial charge is 0.126 e. The molecule has 0 bridgehead atoms. The Morgan fingerprint density at radius 1 is 1.25 bits per heavy atom. The van der Waals surface area contributed by atoms with Crippen LogP contribution in [0.1, 0.15) is 12.1 Å². The van der Waals surface area contributed by atoms with E-state index in [0.29, 0.717) is 0 Å². The molecule has 0 unspecified atom stereocenters. The van der Waals surface area contributed by atoms with Gasteiger partial charge < -0.3 is 10.4 Å². The topological polar surface area (TPSA) is 51.6 Å². The summed E-state index contributed by atoms with van der Waals surface area (Å²) in [5.41, 5.74) is 0.925. The van der Waals surface area contributed by atoms with E-state index in [1.165, 1.54) is 0 Å². The fourth-order valence-corrected chi connectivity index (χ4v) is 2.66. The molecule has 1 aromatic rings. The van der Waals surface area contributed by atoms with Crippen molar-refractivity contribution in [2.45, 2.75) is 13.0 Å². The summed E-state index contributed by atoms with van der Waals surface area (Å²) < 4.78 is 0. The van der Waals surface area contributed by atoms with Gasteiger partial charge in [-0.25, -0.2) is 4.98 Å². The second-order valence-electron chi connectivity index (χ2n) is 5.07. The first kappa shape index (κ1) is 15.5. The zero-order valence-electron chi connectivity index (χ0n) is 12.0. The van der Waals surface area contributed by atoms with Crippen LogP contribution in [-0.4, -0.2) is 66.3 Å². The molecular formula is C14H23ClN4O. The minimum absolute atomic E-state index is 0.234. The quantitative estimate of drug-likeness (QED) is 0.857. The van der Waals surface area contributed by atoms with E-state index in [9.17, 15) is 0 Å². The van der Waals surface area contributed by atoms with Crippen molar-refractivity contribution in [2.75, 3.05) is 51.7 Å². The number of aliphatic hydroxyl groups excluding tert-OH is 1. The highest BCUT2D eigenvalue weighted by atomic mass is 35.5. The molecule has 2 N–H and O–H groups in total. The lowest BCUT2D eigenvalue weighted by atomic mass is 10.3. The van der Waals surface area contributed by atoms with Gasteiger partial charge in [0.2, 0.25) is 0 Å². The zero-order chi connectivity index (χ0) is 14.4. The van der Waals surface area contributed by atoms with Gasteiger partial charge in [0, 0.05) is 33.2 Å². The summed E-state index contributed by atoms with van der Waals surface area (Å²) in [7, 11) is 1.86. The first-order valence-corrected chi connectivity index (χ1v) is 7.49. The molecule has 2 heterocycles. The molecular weight excluding hydrogens is 276 g/mol. The van der Waals surface area contributed by atoms with Crippen molar-refractivity contribution >= 4 is 17.4 Å². The van der Waals surface area contributed by atoms with Crippen molar-refractivity contribution in [1.29, 1.82) is 0 Å². The molecule has 5 nitrogen and oxygen atoms in total. The minimum Gasteiger partial charge on any atom is -0.395 e. The van der Waals surface area contributed by atoms with Gasteiger partial charge >= 0.3 is 0 Å². The van der Waals surface area contributed by atoms with Crippen molar-refractivity contribution in [1.82, 2.24) is 14.8 Å². The van der Waals surface area contributed by atoms with Gasteiger partial charge in [-0.2, -0.15) is 0 Å². The molecule has 0 amide bonds. The summed E-state index contributed by atoms with van der Waals surface area (Å²) >= 11 is 6.23. The Kier molecular flexibility index (Phi) is 6.04. The van der Waals surface area contributed by atoms with Crippen molar-refractivity contribution in [3.63, 3.8) is 0 Å². The Morgan fingerprint density at radius 3 is 2.75 bits per heavy atom. The predicted molar refractivity (Wildman–Crippen MR) is 82.2 cm³/mol. The van der Waals surface area contributed by atoms with Crippen LogP contribution in [0.2, 0.25) is 5.02 Å². The maximum Gasteiger partial charge on any atom is 0.126 e. The summed E-state index contributed by atoms with van der Waals surface area (Å²) in [4.78, 5) is 9.22. The van der Waals surface area contributed by atoms with E-state index in [1.807, 2.05) is 19.2 Å². The number of hydrogen-bond acceptors (Lipinski definition) is 5. The minimum atomic E-state index is 0.234. The van der Waals surface area contributed by atoms with Crippen LogP contribution in [0.15, 0.2) is 12.1 Å². The fraction of sp³-hybridized carbons (Fsp3) is 0.643.